The highest BCUT2D eigenvalue weighted by Gasteiger charge is 2.16. The first-order chi connectivity index (χ1) is 8.56. The average Bonchev–Trinajstić information content (AvgIpc) is 2.37. The summed E-state index contributed by atoms with van der Waals surface area (Å²) in [7, 11) is 0. The zero-order chi connectivity index (χ0) is 13.3. The molecule has 0 aliphatic rings. The van der Waals surface area contributed by atoms with Crippen LogP contribution in [0.1, 0.15) is 33.2 Å². The summed E-state index contributed by atoms with van der Waals surface area (Å²) in [6.45, 7) is 6.31. The van der Waals surface area contributed by atoms with Crippen LogP contribution in [0.15, 0.2) is 29.1 Å². The Morgan fingerprint density at radius 3 is 2.67 bits per heavy atom. The van der Waals surface area contributed by atoms with E-state index < -0.39 is 0 Å². The van der Waals surface area contributed by atoms with Gasteiger partial charge in [-0.3, -0.25) is 9.36 Å². The lowest BCUT2D eigenvalue weighted by Gasteiger charge is -2.21. The molecular weight excluding hydrogens is 244 g/mol. The van der Waals surface area contributed by atoms with Crippen molar-refractivity contribution < 1.29 is 0 Å². The molecular formula is C14H18N2OS. The first-order valence-electron chi connectivity index (χ1n) is 6.29. The molecule has 1 aromatic carbocycles. The van der Waals surface area contributed by atoms with Crippen LogP contribution in [-0.4, -0.2) is 9.55 Å². The van der Waals surface area contributed by atoms with Crippen LogP contribution in [0.3, 0.4) is 0 Å². The lowest BCUT2D eigenvalue weighted by Crippen LogP contribution is -2.28. The third kappa shape index (κ3) is 2.12. The van der Waals surface area contributed by atoms with Gasteiger partial charge < -0.3 is 4.98 Å². The fraction of sp³-hybridized carbons (Fsp3) is 0.429. The number of para-hydroxylation sites is 1. The quantitative estimate of drug-likeness (QED) is 0.857. The van der Waals surface area contributed by atoms with Gasteiger partial charge in [-0.25, -0.2) is 0 Å². The van der Waals surface area contributed by atoms with E-state index >= 15 is 0 Å². The van der Waals surface area contributed by atoms with E-state index in [1.807, 2.05) is 31.2 Å². The molecule has 96 valence electrons. The molecule has 0 saturated heterocycles. The molecule has 0 aliphatic carbocycles. The van der Waals surface area contributed by atoms with Gasteiger partial charge in [-0.1, -0.05) is 32.4 Å². The molecule has 0 bridgehead atoms. The van der Waals surface area contributed by atoms with Gasteiger partial charge in [0.25, 0.3) is 5.56 Å². The molecule has 4 heteroatoms. The second kappa shape index (κ2) is 5.06. The van der Waals surface area contributed by atoms with E-state index in [9.17, 15) is 4.79 Å². The number of H-pyrrole nitrogens is 1. The van der Waals surface area contributed by atoms with E-state index in [1.54, 1.807) is 4.57 Å². The van der Waals surface area contributed by atoms with Gasteiger partial charge in [0.2, 0.25) is 0 Å². The van der Waals surface area contributed by atoms with Gasteiger partial charge in [0.1, 0.15) is 0 Å². The summed E-state index contributed by atoms with van der Waals surface area (Å²) in [6, 6.07) is 7.60. The summed E-state index contributed by atoms with van der Waals surface area (Å²) in [6.07, 6.45) is 1.02. The van der Waals surface area contributed by atoms with Crippen LogP contribution in [0.5, 0.6) is 0 Å². The zero-order valence-electron chi connectivity index (χ0n) is 10.9. The van der Waals surface area contributed by atoms with Crippen molar-refractivity contribution in [3.05, 3.63) is 39.4 Å². The van der Waals surface area contributed by atoms with Gasteiger partial charge in [0, 0.05) is 6.04 Å². The number of aromatic amines is 1. The van der Waals surface area contributed by atoms with Crippen molar-refractivity contribution in [3.63, 3.8) is 0 Å². The van der Waals surface area contributed by atoms with Crippen molar-refractivity contribution in [2.24, 2.45) is 5.92 Å². The molecule has 18 heavy (non-hydrogen) atoms. The number of benzene rings is 1. The molecule has 0 aliphatic heterocycles. The van der Waals surface area contributed by atoms with Gasteiger partial charge >= 0.3 is 0 Å². The molecule has 0 saturated carbocycles. The molecule has 1 N–H and O–H groups in total. The summed E-state index contributed by atoms with van der Waals surface area (Å²) < 4.78 is 2.21. The first kappa shape index (κ1) is 13.0. The van der Waals surface area contributed by atoms with Gasteiger partial charge in [-0.05, 0) is 37.2 Å². The van der Waals surface area contributed by atoms with E-state index in [4.69, 9.17) is 12.2 Å². The molecule has 0 radical (unpaired) electrons. The van der Waals surface area contributed by atoms with Gasteiger partial charge in [-0.2, -0.15) is 0 Å². The van der Waals surface area contributed by atoms with Crippen LogP contribution in [0.25, 0.3) is 10.9 Å². The van der Waals surface area contributed by atoms with E-state index in [0.29, 0.717) is 16.1 Å². The minimum Gasteiger partial charge on any atom is -0.332 e. The molecule has 2 unspecified atom stereocenters. The zero-order valence-corrected chi connectivity index (χ0v) is 11.8. The van der Waals surface area contributed by atoms with Gasteiger partial charge in [0.05, 0.1) is 10.9 Å². The lowest BCUT2D eigenvalue weighted by atomic mass is 10.0. The average molecular weight is 262 g/mol. The molecule has 3 nitrogen and oxygen atoms in total. The van der Waals surface area contributed by atoms with Crippen LogP contribution in [0, 0.1) is 10.7 Å². The predicted molar refractivity (Wildman–Crippen MR) is 77.6 cm³/mol. The Hall–Kier alpha value is -1.42. The molecule has 1 aromatic heterocycles. The summed E-state index contributed by atoms with van der Waals surface area (Å²) in [4.78, 5) is 15.6. The Bertz CT molecular complexity index is 671. The number of rotatable bonds is 3. The lowest BCUT2D eigenvalue weighted by molar-refractivity contribution is 0.357. The SMILES string of the molecule is CCC(C)C(C)n1c(=S)[nH]c2ccccc2c1=O. The molecule has 0 spiro atoms. The fourth-order valence-electron chi connectivity index (χ4n) is 2.14. The Kier molecular flexibility index (Phi) is 3.66. The Labute approximate surface area is 111 Å². The maximum absolute atomic E-state index is 12.5. The normalized spacial score (nSPS) is 14.6. The van der Waals surface area contributed by atoms with Crippen LogP contribution in [-0.2, 0) is 0 Å². The van der Waals surface area contributed by atoms with Crippen LogP contribution in [0.2, 0.25) is 0 Å². The topological polar surface area (TPSA) is 37.8 Å². The maximum atomic E-state index is 12.5. The molecule has 0 fully saturated rings. The van der Waals surface area contributed by atoms with Crippen LogP contribution in [0.4, 0.5) is 0 Å². The van der Waals surface area contributed by atoms with Crippen molar-refractivity contribution in [2.75, 3.05) is 0 Å². The van der Waals surface area contributed by atoms with Crippen molar-refractivity contribution >= 4 is 23.1 Å². The Morgan fingerprint density at radius 1 is 1.33 bits per heavy atom. The molecule has 0 amide bonds. The summed E-state index contributed by atoms with van der Waals surface area (Å²) in [5, 5.41) is 0.696. The summed E-state index contributed by atoms with van der Waals surface area (Å²) in [5.74, 6) is 0.416. The van der Waals surface area contributed by atoms with E-state index in [-0.39, 0.29) is 11.6 Å². The van der Waals surface area contributed by atoms with Crippen molar-refractivity contribution in [1.29, 1.82) is 0 Å². The van der Waals surface area contributed by atoms with Gasteiger partial charge in [0.15, 0.2) is 4.77 Å². The number of nitrogens with zero attached hydrogens (tertiary/aromatic N) is 1. The molecule has 2 aromatic rings. The monoisotopic (exact) mass is 262 g/mol. The smallest absolute Gasteiger partial charge is 0.262 e. The summed E-state index contributed by atoms with van der Waals surface area (Å²) >= 11 is 5.32. The highest BCUT2D eigenvalue weighted by molar-refractivity contribution is 7.71. The first-order valence-corrected chi connectivity index (χ1v) is 6.70. The van der Waals surface area contributed by atoms with E-state index in [1.165, 1.54) is 0 Å². The second-order valence-corrected chi connectivity index (χ2v) is 5.16. The number of fused-ring (bicyclic) bond motifs is 1. The second-order valence-electron chi connectivity index (χ2n) is 4.78. The molecule has 1 heterocycles. The van der Waals surface area contributed by atoms with Crippen LogP contribution < -0.4 is 5.56 Å². The number of hydrogen-bond donors (Lipinski definition) is 1. The van der Waals surface area contributed by atoms with E-state index in [0.717, 1.165) is 11.9 Å². The predicted octanol–water partition coefficient (Wildman–Crippen LogP) is 3.67. The maximum Gasteiger partial charge on any atom is 0.262 e. The van der Waals surface area contributed by atoms with Crippen molar-refractivity contribution in [2.45, 2.75) is 33.2 Å². The largest absolute Gasteiger partial charge is 0.332 e. The highest BCUT2D eigenvalue weighted by atomic mass is 32.1. The van der Waals surface area contributed by atoms with Crippen LogP contribution >= 0.6 is 12.2 Å². The Balaban J connectivity index is 2.72. The highest BCUT2D eigenvalue weighted by Crippen LogP contribution is 2.19. The molecule has 2 atom stereocenters. The Morgan fingerprint density at radius 2 is 2.00 bits per heavy atom. The minimum atomic E-state index is 0.00199. The number of aromatic nitrogens is 2. The van der Waals surface area contributed by atoms with Crippen molar-refractivity contribution in [1.82, 2.24) is 9.55 Å². The molecule has 2 rings (SSSR count). The minimum absolute atomic E-state index is 0.00199. The van der Waals surface area contributed by atoms with E-state index in [2.05, 4.69) is 18.8 Å². The third-order valence-corrected chi connectivity index (χ3v) is 4.01. The third-order valence-electron chi connectivity index (χ3n) is 3.71. The fourth-order valence-corrected chi connectivity index (χ4v) is 2.50. The number of hydrogen-bond acceptors (Lipinski definition) is 2. The number of nitrogens with one attached hydrogen (secondary N) is 1. The standard InChI is InChI=1S/C14H18N2OS/c1-4-9(2)10(3)16-13(17)11-7-5-6-8-12(11)15-14(16)18/h5-10H,4H2,1-3H3,(H,15,18). The summed E-state index contributed by atoms with van der Waals surface area (Å²) in [5.41, 5.74) is 0.808. The van der Waals surface area contributed by atoms with Crippen molar-refractivity contribution in [3.8, 4) is 0 Å². The van der Waals surface area contributed by atoms with Gasteiger partial charge in [-0.15, -0.1) is 0 Å².